The van der Waals surface area contributed by atoms with E-state index in [2.05, 4.69) is 0 Å². The van der Waals surface area contributed by atoms with Gasteiger partial charge in [-0.05, 0) is 25.7 Å². The summed E-state index contributed by atoms with van der Waals surface area (Å²) in [6, 6.07) is 7.57. The molecule has 2 aromatic rings. The first-order valence-electron chi connectivity index (χ1n) is 5.93. The van der Waals surface area contributed by atoms with Crippen LogP contribution in [0, 0.1) is 0 Å². The number of nitrogens with zero attached hydrogens (tertiary/aromatic N) is 2. The van der Waals surface area contributed by atoms with Crippen LogP contribution >= 0.6 is 0 Å². The molecule has 0 saturated heterocycles. The summed E-state index contributed by atoms with van der Waals surface area (Å²) in [7, 11) is 5.57. The van der Waals surface area contributed by atoms with Gasteiger partial charge in [-0.25, -0.2) is 0 Å². The lowest BCUT2D eigenvalue weighted by Gasteiger charge is -2.19. The van der Waals surface area contributed by atoms with E-state index in [1.54, 1.807) is 19.0 Å². The molecule has 0 aliphatic rings. The number of carbonyl (C=O) groups is 1. The Morgan fingerprint density at radius 2 is 2.00 bits per heavy atom. The summed E-state index contributed by atoms with van der Waals surface area (Å²) in [6.07, 6.45) is 2.54. The Labute approximate surface area is 123 Å². The number of aromatic nitrogens is 1. The summed E-state index contributed by atoms with van der Waals surface area (Å²) in [5.74, 6) is -0.784. The van der Waals surface area contributed by atoms with E-state index in [0.29, 0.717) is 6.42 Å². The topological polar surface area (TPSA) is 45.5 Å². The predicted molar refractivity (Wildman–Crippen MR) is 81.7 cm³/mol. The van der Waals surface area contributed by atoms with Crippen LogP contribution in [-0.4, -0.2) is 58.0 Å². The van der Waals surface area contributed by atoms with Crippen LogP contribution < -0.4 is 0 Å². The largest absolute Gasteiger partial charge is 0.480 e. The molecule has 1 aromatic carbocycles. The monoisotopic (exact) mass is 276 g/mol. The van der Waals surface area contributed by atoms with Crippen LogP contribution in [-0.2, 0) is 18.3 Å². The summed E-state index contributed by atoms with van der Waals surface area (Å²) in [5.41, 5.74) is 2.21. The Bertz CT molecular complexity index is 578. The Hall–Kier alpha value is -1.28. The van der Waals surface area contributed by atoms with Crippen molar-refractivity contribution in [1.82, 2.24) is 9.47 Å². The van der Waals surface area contributed by atoms with E-state index >= 15 is 0 Å². The van der Waals surface area contributed by atoms with E-state index in [9.17, 15) is 9.90 Å². The molecule has 1 atom stereocenters. The molecule has 1 heterocycles. The van der Waals surface area contributed by atoms with Crippen molar-refractivity contribution in [1.29, 1.82) is 0 Å². The van der Waals surface area contributed by atoms with Gasteiger partial charge in [0.25, 0.3) is 0 Å². The Morgan fingerprint density at radius 1 is 1.37 bits per heavy atom. The number of likely N-dealkylation sites (N-methyl/N-ethyl adjacent to an activating group) is 1. The van der Waals surface area contributed by atoms with Gasteiger partial charge in [0.15, 0.2) is 17.4 Å². The van der Waals surface area contributed by atoms with E-state index in [-0.39, 0.29) is 17.4 Å². The van der Waals surface area contributed by atoms with E-state index in [1.807, 2.05) is 42.1 Å². The van der Waals surface area contributed by atoms with Gasteiger partial charge in [0.05, 0.1) is 0 Å². The van der Waals surface area contributed by atoms with Crippen LogP contribution in [0.2, 0.25) is 0 Å². The minimum Gasteiger partial charge on any atom is -0.480 e. The van der Waals surface area contributed by atoms with Gasteiger partial charge in [0, 0.05) is 30.6 Å². The van der Waals surface area contributed by atoms with E-state index in [4.69, 9.17) is 0 Å². The molecule has 0 saturated carbocycles. The Kier molecular flexibility index (Phi) is 5.19. The zero-order valence-electron chi connectivity index (χ0n) is 10.9. The third kappa shape index (κ3) is 3.19. The van der Waals surface area contributed by atoms with Crippen molar-refractivity contribution in [2.24, 2.45) is 7.05 Å². The summed E-state index contributed by atoms with van der Waals surface area (Å²) >= 11 is 0. The minimum absolute atomic E-state index is 0. The molecule has 0 fully saturated rings. The summed E-state index contributed by atoms with van der Waals surface area (Å²) in [4.78, 5) is 13.0. The number of rotatable bonds is 4. The Balaban J connectivity index is 0.00000180. The number of fused-ring (bicyclic) bond motifs is 1. The van der Waals surface area contributed by atoms with Gasteiger partial charge in [-0.1, -0.05) is 18.2 Å². The van der Waals surface area contributed by atoms with Gasteiger partial charge < -0.3 is 9.67 Å². The number of aliphatic carboxylic acids is 1. The second kappa shape index (κ2) is 6.25. The molecule has 1 unspecified atom stereocenters. The minimum atomic E-state index is -0.784. The quantitative estimate of drug-likeness (QED) is 0.830. The highest BCUT2D eigenvalue weighted by atomic mass is 27.0. The molecule has 4 nitrogen and oxygen atoms in total. The van der Waals surface area contributed by atoms with Gasteiger partial charge in [0.2, 0.25) is 0 Å². The Morgan fingerprint density at radius 3 is 2.58 bits per heavy atom. The standard InChI is InChI=1S/C14H18N2O2.Al.3H/c1-15(2)13(14(17)18)8-10-9-16(3)12-7-5-4-6-11(10)12;;;;/h4-7,9,13H,8H2,1-3H3,(H,17,18);;;;. The number of hydrogen-bond donors (Lipinski definition) is 1. The van der Waals surface area contributed by atoms with Crippen LogP contribution in [0.25, 0.3) is 10.9 Å². The smallest absolute Gasteiger partial charge is 0.321 e. The molecule has 1 N–H and O–H groups in total. The van der Waals surface area contributed by atoms with Gasteiger partial charge in [-0.3, -0.25) is 9.69 Å². The van der Waals surface area contributed by atoms with Gasteiger partial charge in [-0.2, -0.15) is 0 Å². The maximum atomic E-state index is 11.2. The molecular weight excluding hydrogens is 255 g/mol. The fraction of sp³-hybridized carbons (Fsp3) is 0.357. The first kappa shape index (κ1) is 15.8. The highest BCUT2D eigenvalue weighted by molar-refractivity contribution is 5.85. The number of carboxylic acid groups (broad SMARTS) is 1. The second-order valence-corrected chi connectivity index (χ2v) is 4.80. The van der Waals surface area contributed by atoms with Gasteiger partial charge in [-0.15, -0.1) is 0 Å². The molecule has 0 spiro atoms. The zero-order valence-corrected chi connectivity index (χ0v) is 10.9. The molecule has 0 aliphatic heterocycles. The van der Waals surface area contributed by atoms with Crippen molar-refractivity contribution >= 4 is 34.2 Å². The lowest BCUT2D eigenvalue weighted by molar-refractivity contribution is -0.142. The zero-order chi connectivity index (χ0) is 13.3. The maximum Gasteiger partial charge on any atom is 0.321 e. The lowest BCUT2D eigenvalue weighted by Crippen LogP contribution is -2.37. The fourth-order valence-corrected chi connectivity index (χ4v) is 2.29. The maximum absolute atomic E-state index is 11.2. The molecule has 102 valence electrons. The molecule has 2 rings (SSSR count). The molecule has 0 bridgehead atoms. The predicted octanol–water partition coefficient (Wildman–Crippen LogP) is 0.552. The molecule has 0 aliphatic carbocycles. The van der Waals surface area contributed by atoms with Crippen LogP contribution in [0.1, 0.15) is 5.56 Å². The number of para-hydroxylation sites is 1. The molecule has 1 aromatic heterocycles. The van der Waals surface area contributed by atoms with Gasteiger partial charge in [0.1, 0.15) is 6.04 Å². The van der Waals surface area contributed by atoms with Crippen LogP contribution in [0.5, 0.6) is 0 Å². The third-order valence-electron chi connectivity index (χ3n) is 3.30. The average Bonchev–Trinajstić information content (AvgIpc) is 2.63. The molecule has 5 heteroatoms. The van der Waals surface area contributed by atoms with Crippen molar-refractivity contribution in [3.63, 3.8) is 0 Å². The fourth-order valence-electron chi connectivity index (χ4n) is 2.29. The van der Waals surface area contributed by atoms with E-state index in [0.717, 1.165) is 16.5 Å². The third-order valence-corrected chi connectivity index (χ3v) is 3.30. The number of carboxylic acids is 1. The first-order chi connectivity index (χ1) is 8.50. The van der Waals surface area contributed by atoms with Crippen LogP contribution in [0.4, 0.5) is 0 Å². The van der Waals surface area contributed by atoms with Crippen LogP contribution in [0.3, 0.4) is 0 Å². The highest BCUT2D eigenvalue weighted by Crippen LogP contribution is 2.22. The molecule has 0 radical (unpaired) electrons. The van der Waals surface area contributed by atoms with E-state index < -0.39 is 12.0 Å². The SMILES string of the molecule is CN(C)C(Cc1cn(C)c2ccccc12)C(=O)O.[AlH3]. The first-order valence-corrected chi connectivity index (χ1v) is 5.93. The normalized spacial score (nSPS) is 12.4. The summed E-state index contributed by atoms with van der Waals surface area (Å²) in [5, 5.41) is 10.4. The number of aryl methyl sites for hydroxylation is 1. The van der Waals surface area contributed by atoms with Crippen LogP contribution in [0.15, 0.2) is 30.5 Å². The van der Waals surface area contributed by atoms with Crippen molar-refractivity contribution < 1.29 is 9.90 Å². The lowest BCUT2D eigenvalue weighted by atomic mass is 10.0. The van der Waals surface area contributed by atoms with Crippen molar-refractivity contribution in [3.8, 4) is 0 Å². The van der Waals surface area contributed by atoms with Crippen molar-refractivity contribution in [2.75, 3.05) is 14.1 Å². The molecular formula is C14H21AlN2O2. The number of benzene rings is 1. The van der Waals surface area contributed by atoms with Crippen molar-refractivity contribution in [2.45, 2.75) is 12.5 Å². The molecule has 0 amide bonds. The second-order valence-electron chi connectivity index (χ2n) is 4.80. The highest BCUT2D eigenvalue weighted by Gasteiger charge is 2.21. The number of hydrogen-bond acceptors (Lipinski definition) is 2. The summed E-state index contributed by atoms with van der Waals surface area (Å²) in [6.45, 7) is 0. The molecule has 19 heavy (non-hydrogen) atoms. The van der Waals surface area contributed by atoms with Crippen molar-refractivity contribution in [3.05, 3.63) is 36.0 Å². The summed E-state index contributed by atoms with van der Waals surface area (Å²) < 4.78 is 2.04. The average molecular weight is 276 g/mol. The van der Waals surface area contributed by atoms with E-state index in [1.165, 1.54) is 0 Å². The van der Waals surface area contributed by atoms with Gasteiger partial charge >= 0.3 is 5.97 Å².